The molecule has 4 nitrogen and oxygen atoms in total. The van der Waals surface area contributed by atoms with E-state index in [1.807, 2.05) is 0 Å². The Labute approximate surface area is 101 Å². The van der Waals surface area contributed by atoms with E-state index in [9.17, 15) is 5.11 Å². The molecule has 4 heteroatoms. The van der Waals surface area contributed by atoms with Gasteiger partial charge in [0.2, 0.25) is 0 Å². The van der Waals surface area contributed by atoms with Gasteiger partial charge in [0.05, 0.1) is 25.4 Å². The standard InChI is InChI=1S/C13H20O4/c1-11-4-5-12(15-6-7-16-12)8-13(11)10(17-13)3-2-9(11)14/h9-10,14H,2-8H2,1H3/t9-,10+,11+,13+/m1/s1. The summed E-state index contributed by atoms with van der Waals surface area (Å²) in [7, 11) is 0. The van der Waals surface area contributed by atoms with Crippen molar-refractivity contribution in [1.82, 2.24) is 0 Å². The summed E-state index contributed by atoms with van der Waals surface area (Å²) in [4.78, 5) is 0. The molecule has 2 saturated carbocycles. The number of aliphatic hydroxyl groups is 1. The molecule has 4 rings (SSSR count). The first kappa shape index (κ1) is 10.7. The van der Waals surface area contributed by atoms with E-state index in [0.717, 1.165) is 32.1 Å². The minimum Gasteiger partial charge on any atom is -0.392 e. The number of ether oxygens (including phenoxy) is 3. The van der Waals surface area contributed by atoms with Crippen molar-refractivity contribution in [2.24, 2.45) is 5.41 Å². The van der Waals surface area contributed by atoms with Crippen molar-refractivity contribution in [1.29, 1.82) is 0 Å². The van der Waals surface area contributed by atoms with Crippen molar-refractivity contribution in [3.05, 3.63) is 0 Å². The Hall–Kier alpha value is -0.160. The van der Waals surface area contributed by atoms with E-state index >= 15 is 0 Å². The largest absolute Gasteiger partial charge is 0.392 e. The second-order valence-corrected chi connectivity index (χ2v) is 6.29. The van der Waals surface area contributed by atoms with Gasteiger partial charge in [-0.05, 0) is 19.3 Å². The lowest BCUT2D eigenvalue weighted by atomic mass is 9.57. The summed E-state index contributed by atoms with van der Waals surface area (Å²) in [5, 5.41) is 10.3. The van der Waals surface area contributed by atoms with Gasteiger partial charge < -0.3 is 19.3 Å². The predicted octanol–water partition coefficient (Wildman–Crippen LogP) is 1.21. The van der Waals surface area contributed by atoms with E-state index < -0.39 is 5.79 Å². The van der Waals surface area contributed by atoms with Crippen LogP contribution in [-0.2, 0) is 14.2 Å². The fraction of sp³-hybridized carbons (Fsp3) is 1.00. The first-order chi connectivity index (χ1) is 8.10. The lowest BCUT2D eigenvalue weighted by Crippen LogP contribution is -2.58. The number of hydrogen-bond donors (Lipinski definition) is 1. The summed E-state index contributed by atoms with van der Waals surface area (Å²) in [6.07, 6.45) is 4.56. The highest BCUT2D eigenvalue weighted by Crippen LogP contribution is 2.67. The molecule has 2 aliphatic heterocycles. The van der Waals surface area contributed by atoms with Gasteiger partial charge in [-0.25, -0.2) is 0 Å². The summed E-state index contributed by atoms with van der Waals surface area (Å²) in [5.74, 6) is -0.411. The van der Waals surface area contributed by atoms with Crippen LogP contribution in [0.4, 0.5) is 0 Å². The van der Waals surface area contributed by atoms with Crippen LogP contribution in [0.15, 0.2) is 0 Å². The SMILES string of the molecule is C[C@@]12CCC3(C[C@@]14O[C@H]4CC[C@H]2O)OCCO3. The predicted molar refractivity (Wildman–Crippen MR) is 59.4 cm³/mol. The highest BCUT2D eigenvalue weighted by molar-refractivity contribution is 5.22. The Balaban J connectivity index is 1.68. The lowest BCUT2D eigenvalue weighted by Gasteiger charge is -2.50. The second-order valence-electron chi connectivity index (χ2n) is 6.29. The Kier molecular flexibility index (Phi) is 1.92. The highest BCUT2D eigenvalue weighted by atomic mass is 16.7. The first-order valence-corrected chi connectivity index (χ1v) is 6.74. The highest BCUT2D eigenvalue weighted by Gasteiger charge is 2.75. The maximum Gasteiger partial charge on any atom is 0.171 e. The topological polar surface area (TPSA) is 51.2 Å². The summed E-state index contributed by atoms with van der Waals surface area (Å²) in [5.41, 5.74) is -0.274. The van der Waals surface area contributed by atoms with Crippen LogP contribution in [0.3, 0.4) is 0 Å². The summed E-state index contributed by atoms with van der Waals surface area (Å²) in [6.45, 7) is 3.57. The molecule has 4 atom stereocenters. The van der Waals surface area contributed by atoms with Crippen LogP contribution in [0.5, 0.6) is 0 Å². The van der Waals surface area contributed by atoms with Crippen molar-refractivity contribution < 1.29 is 19.3 Å². The molecule has 2 spiro atoms. The molecule has 2 saturated heterocycles. The van der Waals surface area contributed by atoms with E-state index in [2.05, 4.69) is 6.92 Å². The Morgan fingerprint density at radius 3 is 2.65 bits per heavy atom. The van der Waals surface area contributed by atoms with E-state index in [1.165, 1.54) is 0 Å². The normalized spacial score (nSPS) is 55.4. The van der Waals surface area contributed by atoms with E-state index in [0.29, 0.717) is 19.3 Å². The Morgan fingerprint density at radius 2 is 1.88 bits per heavy atom. The Bertz CT molecular complexity index is 351. The monoisotopic (exact) mass is 240 g/mol. The van der Waals surface area contributed by atoms with Gasteiger partial charge in [0.1, 0.15) is 5.60 Å². The number of hydrogen-bond acceptors (Lipinski definition) is 4. The molecule has 0 aromatic heterocycles. The van der Waals surface area contributed by atoms with Gasteiger partial charge in [0.25, 0.3) is 0 Å². The molecular weight excluding hydrogens is 220 g/mol. The van der Waals surface area contributed by atoms with Gasteiger partial charge in [-0.15, -0.1) is 0 Å². The number of aliphatic hydroxyl groups excluding tert-OH is 1. The molecule has 0 aromatic rings. The van der Waals surface area contributed by atoms with Crippen LogP contribution in [0, 0.1) is 5.41 Å². The fourth-order valence-corrected chi connectivity index (χ4v) is 4.34. The number of rotatable bonds is 0. The van der Waals surface area contributed by atoms with Crippen LogP contribution in [0.1, 0.15) is 39.0 Å². The van der Waals surface area contributed by atoms with Crippen molar-refractivity contribution in [2.45, 2.75) is 62.6 Å². The van der Waals surface area contributed by atoms with E-state index in [1.54, 1.807) is 0 Å². The maximum atomic E-state index is 10.3. The van der Waals surface area contributed by atoms with Crippen LogP contribution in [0.2, 0.25) is 0 Å². The molecule has 96 valence electrons. The van der Waals surface area contributed by atoms with Gasteiger partial charge in [-0.3, -0.25) is 0 Å². The van der Waals surface area contributed by atoms with Gasteiger partial charge in [-0.2, -0.15) is 0 Å². The minimum atomic E-state index is -0.411. The molecule has 1 N–H and O–H groups in total. The summed E-state index contributed by atoms with van der Waals surface area (Å²) < 4.78 is 17.6. The quantitative estimate of drug-likeness (QED) is 0.647. The lowest BCUT2D eigenvalue weighted by molar-refractivity contribution is -0.223. The average molecular weight is 240 g/mol. The second kappa shape index (κ2) is 3.05. The fourth-order valence-electron chi connectivity index (χ4n) is 4.34. The van der Waals surface area contributed by atoms with Crippen LogP contribution < -0.4 is 0 Å². The molecule has 17 heavy (non-hydrogen) atoms. The summed E-state index contributed by atoms with van der Waals surface area (Å²) in [6, 6.07) is 0. The van der Waals surface area contributed by atoms with Gasteiger partial charge in [-0.1, -0.05) is 6.92 Å². The molecular formula is C13H20O4. The van der Waals surface area contributed by atoms with Crippen molar-refractivity contribution >= 4 is 0 Å². The van der Waals surface area contributed by atoms with E-state index in [-0.39, 0.29) is 17.1 Å². The molecule has 4 fully saturated rings. The molecule has 0 unspecified atom stereocenters. The maximum absolute atomic E-state index is 10.3. The summed E-state index contributed by atoms with van der Waals surface area (Å²) >= 11 is 0. The third-order valence-electron chi connectivity index (χ3n) is 5.59. The van der Waals surface area contributed by atoms with Crippen LogP contribution in [0.25, 0.3) is 0 Å². The van der Waals surface area contributed by atoms with Gasteiger partial charge in [0, 0.05) is 18.3 Å². The molecule has 2 aliphatic carbocycles. The van der Waals surface area contributed by atoms with Gasteiger partial charge >= 0.3 is 0 Å². The van der Waals surface area contributed by atoms with Crippen LogP contribution in [-0.4, -0.2) is 41.9 Å². The molecule has 0 aromatic carbocycles. The third-order valence-corrected chi connectivity index (χ3v) is 5.59. The molecule has 2 heterocycles. The zero-order chi connectivity index (χ0) is 11.7. The first-order valence-electron chi connectivity index (χ1n) is 6.74. The van der Waals surface area contributed by atoms with Crippen molar-refractivity contribution in [3.63, 3.8) is 0 Å². The molecule has 0 radical (unpaired) electrons. The number of epoxide rings is 1. The molecule has 0 bridgehead atoms. The molecule has 4 aliphatic rings. The van der Waals surface area contributed by atoms with Crippen molar-refractivity contribution in [3.8, 4) is 0 Å². The molecule has 0 amide bonds. The Morgan fingerprint density at radius 1 is 1.12 bits per heavy atom. The average Bonchev–Trinajstić information content (AvgIpc) is 2.83. The third kappa shape index (κ3) is 1.17. The smallest absolute Gasteiger partial charge is 0.171 e. The van der Waals surface area contributed by atoms with Gasteiger partial charge in [0.15, 0.2) is 5.79 Å². The minimum absolute atomic E-state index is 0.101. The van der Waals surface area contributed by atoms with Crippen molar-refractivity contribution in [2.75, 3.05) is 13.2 Å². The van der Waals surface area contributed by atoms with E-state index in [4.69, 9.17) is 14.2 Å². The zero-order valence-electron chi connectivity index (χ0n) is 10.3. The zero-order valence-corrected chi connectivity index (χ0v) is 10.3. The van der Waals surface area contributed by atoms with Crippen LogP contribution >= 0.6 is 0 Å².